The van der Waals surface area contributed by atoms with E-state index in [1.54, 1.807) is 55.6 Å². The highest BCUT2D eigenvalue weighted by Crippen LogP contribution is 2.31. The molecular formula is C24H18ClNO5. The summed E-state index contributed by atoms with van der Waals surface area (Å²) in [5.41, 5.74) is 1.21. The molecule has 4 aromatic rings. The maximum atomic E-state index is 13.1. The van der Waals surface area contributed by atoms with Gasteiger partial charge in [0.15, 0.2) is 12.4 Å². The minimum absolute atomic E-state index is 0.0501. The number of hydrogen-bond acceptors (Lipinski definition) is 5. The van der Waals surface area contributed by atoms with Crippen LogP contribution >= 0.6 is 11.6 Å². The molecule has 1 N–H and O–H groups in total. The SMILES string of the molecule is COc1ccc(NC(=O)COc2c(-c3ccccc3)oc3ccc(Cl)cc3c2=O)cc1. The van der Waals surface area contributed by atoms with Crippen LogP contribution in [0.15, 0.2) is 82.0 Å². The summed E-state index contributed by atoms with van der Waals surface area (Å²) in [6.07, 6.45) is 0. The fourth-order valence-electron chi connectivity index (χ4n) is 3.07. The van der Waals surface area contributed by atoms with Gasteiger partial charge in [0.05, 0.1) is 12.5 Å². The van der Waals surface area contributed by atoms with Crippen LogP contribution in [0.25, 0.3) is 22.3 Å². The van der Waals surface area contributed by atoms with Crippen LogP contribution in [-0.4, -0.2) is 19.6 Å². The van der Waals surface area contributed by atoms with E-state index < -0.39 is 11.3 Å². The van der Waals surface area contributed by atoms with Crippen molar-refractivity contribution in [1.29, 1.82) is 0 Å². The van der Waals surface area contributed by atoms with Gasteiger partial charge in [0.25, 0.3) is 5.91 Å². The Morgan fingerprint density at radius 2 is 1.77 bits per heavy atom. The summed E-state index contributed by atoms with van der Waals surface area (Å²) in [5.74, 6) is 0.451. The third-order valence-corrected chi connectivity index (χ3v) is 4.80. The molecule has 0 fully saturated rings. The van der Waals surface area contributed by atoms with E-state index >= 15 is 0 Å². The number of benzene rings is 3. The van der Waals surface area contributed by atoms with Crippen molar-refractivity contribution in [2.75, 3.05) is 19.0 Å². The number of halogens is 1. The highest BCUT2D eigenvalue weighted by atomic mass is 35.5. The Morgan fingerprint density at radius 1 is 1.03 bits per heavy atom. The number of carbonyl (C=O) groups is 1. The van der Waals surface area contributed by atoms with Crippen molar-refractivity contribution in [3.8, 4) is 22.8 Å². The molecule has 0 spiro atoms. The molecule has 0 aliphatic heterocycles. The Labute approximate surface area is 183 Å². The molecule has 6 nitrogen and oxygen atoms in total. The van der Waals surface area contributed by atoms with Crippen LogP contribution < -0.4 is 20.2 Å². The molecule has 0 atom stereocenters. The van der Waals surface area contributed by atoms with E-state index in [1.807, 2.05) is 18.2 Å². The first-order chi connectivity index (χ1) is 15.0. The Kier molecular flexibility index (Phi) is 5.91. The van der Waals surface area contributed by atoms with Gasteiger partial charge in [-0.15, -0.1) is 0 Å². The molecule has 1 aromatic heterocycles. The van der Waals surface area contributed by atoms with E-state index in [-0.39, 0.29) is 23.5 Å². The average Bonchev–Trinajstić information content (AvgIpc) is 2.80. The van der Waals surface area contributed by atoms with E-state index in [0.717, 1.165) is 0 Å². The van der Waals surface area contributed by atoms with Gasteiger partial charge >= 0.3 is 0 Å². The zero-order valence-electron chi connectivity index (χ0n) is 16.6. The molecule has 3 aromatic carbocycles. The van der Waals surface area contributed by atoms with Crippen molar-refractivity contribution in [3.05, 3.63) is 88.0 Å². The maximum absolute atomic E-state index is 13.1. The Bertz CT molecular complexity index is 1280. The largest absolute Gasteiger partial charge is 0.497 e. The summed E-state index contributed by atoms with van der Waals surface area (Å²) in [5, 5.41) is 3.39. The van der Waals surface area contributed by atoms with Crippen LogP contribution in [-0.2, 0) is 4.79 Å². The number of rotatable bonds is 6. The summed E-state index contributed by atoms with van der Waals surface area (Å²) < 4.78 is 16.7. The first kappa shape index (κ1) is 20.5. The van der Waals surface area contributed by atoms with E-state index in [1.165, 1.54) is 6.07 Å². The number of nitrogens with one attached hydrogen (secondary N) is 1. The number of hydrogen-bond donors (Lipinski definition) is 1. The summed E-state index contributed by atoms with van der Waals surface area (Å²) in [6, 6.07) is 20.7. The first-order valence-electron chi connectivity index (χ1n) is 9.43. The normalized spacial score (nSPS) is 10.6. The molecule has 0 aliphatic rings. The highest BCUT2D eigenvalue weighted by Gasteiger charge is 2.19. The van der Waals surface area contributed by atoms with Crippen LogP contribution in [0, 0.1) is 0 Å². The maximum Gasteiger partial charge on any atom is 0.262 e. The lowest BCUT2D eigenvalue weighted by atomic mass is 10.1. The standard InChI is InChI=1S/C24H18ClNO5/c1-29-18-10-8-17(9-11-18)26-21(27)14-30-24-22(28)19-13-16(25)7-12-20(19)31-23(24)15-5-3-2-4-6-15/h2-13H,14H2,1H3,(H,26,27). The Morgan fingerprint density at radius 3 is 2.48 bits per heavy atom. The lowest BCUT2D eigenvalue weighted by molar-refractivity contribution is -0.118. The first-order valence-corrected chi connectivity index (χ1v) is 9.81. The van der Waals surface area contributed by atoms with Gasteiger partial charge in [-0.05, 0) is 42.5 Å². The molecule has 156 valence electrons. The second-order valence-corrected chi connectivity index (χ2v) is 7.10. The summed E-state index contributed by atoms with van der Waals surface area (Å²) in [4.78, 5) is 25.5. The van der Waals surface area contributed by atoms with Crippen LogP contribution in [0.2, 0.25) is 5.02 Å². The zero-order valence-corrected chi connectivity index (χ0v) is 17.3. The van der Waals surface area contributed by atoms with Crippen molar-refractivity contribution < 1.29 is 18.7 Å². The molecule has 1 heterocycles. The van der Waals surface area contributed by atoms with E-state index in [9.17, 15) is 9.59 Å². The summed E-state index contributed by atoms with van der Waals surface area (Å²) in [7, 11) is 1.56. The molecule has 0 unspecified atom stereocenters. The quantitative estimate of drug-likeness (QED) is 0.453. The summed E-state index contributed by atoms with van der Waals surface area (Å²) >= 11 is 6.04. The van der Waals surface area contributed by atoms with Gasteiger partial charge in [0.1, 0.15) is 11.3 Å². The van der Waals surface area contributed by atoms with Gasteiger partial charge < -0.3 is 19.2 Å². The molecule has 0 bridgehead atoms. The van der Waals surface area contributed by atoms with E-state index in [2.05, 4.69) is 5.32 Å². The third kappa shape index (κ3) is 4.54. The third-order valence-electron chi connectivity index (χ3n) is 4.57. The van der Waals surface area contributed by atoms with E-state index in [0.29, 0.717) is 27.6 Å². The second kappa shape index (κ2) is 8.93. The van der Waals surface area contributed by atoms with Gasteiger partial charge in [-0.2, -0.15) is 0 Å². The Hall–Kier alpha value is -3.77. The predicted molar refractivity (Wildman–Crippen MR) is 120 cm³/mol. The molecule has 0 radical (unpaired) electrons. The van der Waals surface area contributed by atoms with Crippen LogP contribution in [0.1, 0.15) is 0 Å². The van der Waals surface area contributed by atoms with Crippen LogP contribution in [0.5, 0.6) is 11.5 Å². The van der Waals surface area contributed by atoms with Crippen molar-refractivity contribution >= 4 is 34.2 Å². The van der Waals surface area contributed by atoms with Gasteiger partial charge in [-0.3, -0.25) is 9.59 Å². The van der Waals surface area contributed by atoms with Gasteiger partial charge in [-0.25, -0.2) is 0 Å². The number of carbonyl (C=O) groups excluding carboxylic acids is 1. The second-order valence-electron chi connectivity index (χ2n) is 6.66. The molecular weight excluding hydrogens is 418 g/mol. The summed E-state index contributed by atoms with van der Waals surface area (Å²) in [6.45, 7) is -0.372. The number of anilines is 1. The fraction of sp³-hybridized carbons (Fsp3) is 0.0833. The molecule has 4 rings (SSSR count). The molecule has 0 aliphatic carbocycles. The monoisotopic (exact) mass is 435 g/mol. The van der Waals surface area contributed by atoms with Crippen molar-refractivity contribution in [2.45, 2.75) is 0 Å². The molecule has 1 amide bonds. The lowest BCUT2D eigenvalue weighted by Crippen LogP contribution is -2.22. The number of amides is 1. The van der Waals surface area contributed by atoms with E-state index in [4.69, 9.17) is 25.5 Å². The minimum Gasteiger partial charge on any atom is -0.497 e. The molecule has 0 saturated carbocycles. The van der Waals surface area contributed by atoms with Gasteiger partial charge in [-0.1, -0.05) is 41.9 Å². The topological polar surface area (TPSA) is 77.8 Å². The molecule has 31 heavy (non-hydrogen) atoms. The number of methoxy groups -OCH3 is 1. The van der Waals surface area contributed by atoms with Crippen LogP contribution in [0.3, 0.4) is 0 Å². The van der Waals surface area contributed by atoms with Crippen molar-refractivity contribution in [3.63, 3.8) is 0 Å². The van der Waals surface area contributed by atoms with Gasteiger partial charge in [0.2, 0.25) is 11.2 Å². The predicted octanol–water partition coefficient (Wildman–Crippen LogP) is 5.14. The lowest BCUT2D eigenvalue weighted by Gasteiger charge is -2.12. The van der Waals surface area contributed by atoms with Crippen molar-refractivity contribution in [2.24, 2.45) is 0 Å². The molecule has 0 saturated heterocycles. The smallest absolute Gasteiger partial charge is 0.262 e. The molecule has 7 heteroatoms. The number of ether oxygens (including phenoxy) is 2. The highest BCUT2D eigenvalue weighted by molar-refractivity contribution is 6.31. The fourth-order valence-corrected chi connectivity index (χ4v) is 3.24. The van der Waals surface area contributed by atoms with Gasteiger partial charge in [0, 0.05) is 16.3 Å². The average molecular weight is 436 g/mol. The van der Waals surface area contributed by atoms with Crippen LogP contribution in [0.4, 0.5) is 5.69 Å². The zero-order chi connectivity index (χ0) is 21.8. The number of fused-ring (bicyclic) bond motifs is 1. The minimum atomic E-state index is -0.422. The van der Waals surface area contributed by atoms with Crippen molar-refractivity contribution in [1.82, 2.24) is 0 Å². The Balaban J connectivity index is 1.64.